The van der Waals surface area contributed by atoms with Gasteiger partial charge >= 0.3 is 0 Å². The van der Waals surface area contributed by atoms with E-state index >= 15 is 0 Å². The van der Waals surface area contributed by atoms with Gasteiger partial charge in [0.2, 0.25) is 0 Å². The second-order valence-electron chi connectivity index (χ2n) is 4.54. The number of hydrogen-bond acceptors (Lipinski definition) is 3. The molecule has 1 aromatic rings. The Hall–Kier alpha value is -1.71. The monoisotopic (exact) mass is 235 g/mol. The Kier molecular flexibility index (Phi) is 4.82. The smallest absolute Gasteiger partial charge is 0.123 e. The summed E-state index contributed by atoms with van der Waals surface area (Å²) in [7, 11) is 1.69. The first-order chi connectivity index (χ1) is 8.06. The van der Waals surface area contributed by atoms with Crippen molar-refractivity contribution in [2.45, 2.75) is 26.7 Å². The minimum atomic E-state index is 0.436. The second-order valence-corrected chi connectivity index (χ2v) is 4.54. The first-order valence-electron chi connectivity index (χ1n) is 5.74. The maximum Gasteiger partial charge on any atom is 0.123 e. The number of methoxy groups -OCH3 is 1. The highest BCUT2D eigenvalue weighted by Crippen LogP contribution is 2.23. The predicted octanol–water partition coefficient (Wildman–Crippen LogP) is 1.67. The zero-order valence-electron chi connectivity index (χ0n) is 10.7. The van der Waals surface area contributed by atoms with Crippen LogP contribution in [0, 0.1) is 5.92 Å². The highest BCUT2D eigenvalue weighted by Gasteiger charge is 2.07. The molecule has 0 spiro atoms. The molecule has 4 N–H and O–H groups in total. The molecule has 1 rings (SSSR count). The van der Waals surface area contributed by atoms with Gasteiger partial charge in [0.25, 0.3) is 0 Å². The number of amidine groups is 1. The molecule has 0 aromatic heterocycles. The maximum absolute atomic E-state index is 5.62. The minimum absolute atomic E-state index is 0.436. The summed E-state index contributed by atoms with van der Waals surface area (Å²) in [6.07, 6.45) is 1.56. The Morgan fingerprint density at radius 2 is 2.12 bits per heavy atom. The molecule has 0 amide bonds. The lowest BCUT2D eigenvalue weighted by molar-refractivity contribution is 0.406. The van der Waals surface area contributed by atoms with Gasteiger partial charge in [-0.05, 0) is 29.5 Å². The fourth-order valence-electron chi connectivity index (χ4n) is 1.80. The molecular weight excluding hydrogens is 214 g/mol. The molecule has 0 aliphatic carbocycles. The van der Waals surface area contributed by atoms with E-state index in [9.17, 15) is 0 Å². The van der Waals surface area contributed by atoms with Crippen LogP contribution in [0.3, 0.4) is 0 Å². The van der Waals surface area contributed by atoms with Gasteiger partial charge in [0, 0.05) is 6.42 Å². The first kappa shape index (κ1) is 13.4. The van der Waals surface area contributed by atoms with Crippen LogP contribution in [0.2, 0.25) is 0 Å². The summed E-state index contributed by atoms with van der Waals surface area (Å²) in [6.45, 7) is 4.36. The van der Waals surface area contributed by atoms with E-state index in [0.29, 0.717) is 18.2 Å². The molecule has 0 saturated carbocycles. The number of nitrogens with zero attached hydrogens (tertiary/aromatic N) is 1. The third kappa shape index (κ3) is 3.98. The zero-order chi connectivity index (χ0) is 12.8. The molecular formula is C13H21N3O. The molecule has 4 heteroatoms. The Labute approximate surface area is 103 Å². The van der Waals surface area contributed by atoms with E-state index in [-0.39, 0.29) is 0 Å². The summed E-state index contributed by atoms with van der Waals surface area (Å²) in [4.78, 5) is 0. The van der Waals surface area contributed by atoms with Gasteiger partial charge in [-0.3, -0.25) is 0 Å². The molecule has 0 heterocycles. The molecule has 0 saturated heterocycles. The van der Waals surface area contributed by atoms with E-state index in [1.54, 1.807) is 7.11 Å². The SMILES string of the molecule is COc1ccc(C/C(N)=N/N)cc1CC(C)C. The van der Waals surface area contributed by atoms with Gasteiger partial charge in [-0.2, -0.15) is 5.10 Å². The summed E-state index contributed by atoms with van der Waals surface area (Å²) >= 11 is 0. The Morgan fingerprint density at radius 1 is 1.41 bits per heavy atom. The number of hydrogen-bond donors (Lipinski definition) is 2. The van der Waals surface area contributed by atoms with E-state index in [0.717, 1.165) is 17.7 Å². The van der Waals surface area contributed by atoms with Crippen LogP contribution in [0.15, 0.2) is 23.3 Å². The van der Waals surface area contributed by atoms with Crippen LogP contribution >= 0.6 is 0 Å². The van der Waals surface area contributed by atoms with Crippen molar-refractivity contribution in [2.75, 3.05) is 7.11 Å². The van der Waals surface area contributed by atoms with Crippen LogP contribution in [0.1, 0.15) is 25.0 Å². The van der Waals surface area contributed by atoms with Crippen LogP contribution in [0.25, 0.3) is 0 Å². The van der Waals surface area contributed by atoms with Crippen molar-refractivity contribution >= 4 is 5.84 Å². The fourth-order valence-corrected chi connectivity index (χ4v) is 1.80. The Bertz CT molecular complexity index is 400. The topological polar surface area (TPSA) is 73.6 Å². The van der Waals surface area contributed by atoms with Gasteiger partial charge in [0.1, 0.15) is 11.6 Å². The van der Waals surface area contributed by atoms with Gasteiger partial charge < -0.3 is 16.3 Å². The predicted molar refractivity (Wildman–Crippen MR) is 71.0 cm³/mol. The maximum atomic E-state index is 5.62. The third-order valence-corrected chi connectivity index (χ3v) is 2.52. The number of hydrazone groups is 1. The molecule has 4 nitrogen and oxygen atoms in total. The minimum Gasteiger partial charge on any atom is -0.496 e. The van der Waals surface area contributed by atoms with E-state index in [1.165, 1.54) is 5.56 Å². The molecule has 94 valence electrons. The fraction of sp³-hybridized carbons (Fsp3) is 0.462. The van der Waals surface area contributed by atoms with Crippen molar-refractivity contribution in [3.05, 3.63) is 29.3 Å². The van der Waals surface area contributed by atoms with Crippen LogP contribution in [0.4, 0.5) is 0 Å². The van der Waals surface area contributed by atoms with Crippen molar-refractivity contribution in [3.8, 4) is 5.75 Å². The molecule has 1 aromatic carbocycles. The van der Waals surface area contributed by atoms with Crippen molar-refractivity contribution in [1.29, 1.82) is 0 Å². The Balaban J connectivity index is 2.95. The quantitative estimate of drug-likeness (QED) is 0.353. The van der Waals surface area contributed by atoms with Gasteiger partial charge in [-0.1, -0.05) is 26.0 Å². The van der Waals surface area contributed by atoms with E-state index in [4.69, 9.17) is 16.3 Å². The van der Waals surface area contributed by atoms with Gasteiger partial charge in [-0.25, -0.2) is 0 Å². The van der Waals surface area contributed by atoms with E-state index < -0.39 is 0 Å². The highest BCUT2D eigenvalue weighted by atomic mass is 16.5. The first-order valence-corrected chi connectivity index (χ1v) is 5.74. The van der Waals surface area contributed by atoms with Gasteiger partial charge in [-0.15, -0.1) is 0 Å². The lowest BCUT2D eigenvalue weighted by Crippen LogP contribution is -2.17. The van der Waals surface area contributed by atoms with Crippen molar-refractivity contribution in [3.63, 3.8) is 0 Å². The molecule has 0 atom stereocenters. The van der Waals surface area contributed by atoms with E-state index in [2.05, 4.69) is 25.0 Å². The summed E-state index contributed by atoms with van der Waals surface area (Å²) in [5.41, 5.74) is 7.92. The van der Waals surface area contributed by atoms with Crippen LogP contribution in [-0.2, 0) is 12.8 Å². The van der Waals surface area contributed by atoms with Gasteiger partial charge in [0.05, 0.1) is 7.11 Å². The van der Waals surface area contributed by atoms with Gasteiger partial charge in [0.15, 0.2) is 0 Å². The van der Waals surface area contributed by atoms with Crippen LogP contribution in [0.5, 0.6) is 5.75 Å². The average Bonchev–Trinajstić information content (AvgIpc) is 2.28. The molecule has 0 aliphatic rings. The normalized spacial score (nSPS) is 11.9. The largest absolute Gasteiger partial charge is 0.496 e. The van der Waals surface area contributed by atoms with Crippen molar-refractivity contribution in [2.24, 2.45) is 22.6 Å². The number of benzene rings is 1. The second kappa shape index (κ2) is 6.13. The zero-order valence-corrected chi connectivity index (χ0v) is 10.7. The average molecular weight is 235 g/mol. The van der Waals surface area contributed by atoms with Crippen LogP contribution in [-0.4, -0.2) is 12.9 Å². The van der Waals surface area contributed by atoms with Crippen molar-refractivity contribution < 1.29 is 4.74 Å². The number of nitrogens with two attached hydrogens (primary N) is 2. The molecule has 0 fully saturated rings. The number of rotatable bonds is 5. The van der Waals surface area contributed by atoms with E-state index in [1.807, 2.05) is 12.1 Å². The summed E-state index contributed by atoms with van der Waals surface area (Å²) in [5, 5.41) is 3.48. The molecule has 0 unspecified atom stereocenters. The lowest BCUT2D eigenvalue weighted by atomic mass is 9.99. The number of ether oxygens (including phenoxy) is 1. The molecule has 17 heavy (non-hydrogen) atoms. The molecule has 0 bridgehead atoms. The molecule has 0 aliphatic heterocycles. The summed E-state index contributed by atoms with van der Waals surface area (Å²) < 4.78 is 5.35. The third-order valence-electron chi connectivity index (χ3n) is 2.52. The lowest BCUT2D eigenvalue weighted by Gasteiger charge is -2.12. The molecule has 0 radical (unpaired) electrons. The standard InChI is InChI=1S/C13H21N3O/c1-9(2)6-11-7-10(8-13(14)16-15)4-5-12(11)17-3/h4-5,7,9H,6,8,15H2,1-3H3,(H2,14,16). The highest BCUT2D eigenvalue weighted by molar-refractivity contribution is 5.82. The van der Waals surface area contributed by atoms with Crippen LogP contribution < -0.4 is 16.3 Å². The summed E-state index contributed by atoms with van der Waals surface area (Å²) in [6, 6.07) is 6.06. The van der Waals surface area contributed by atoms with Crippen molar-refractivity contribution in [1.82, 2.24) is 0 Å². The Morgan fingerprint density at radius 3 is 2.65 bits per heavy atom. The summed E-state index contributed by atoms with van der Waals surface area (Å²) in [5.74, 6) is 7.07.